The average Bonchev–Trinajstić information content (AvgIpc) is 3.32. The SMILES string of the molecule is CC(C)n1c(SCc2ccccc2)c(CC2(Cc3ccncc3)C=CC=N2)n(C)c1=O. The molecule has 2 aromatic heterocycles. The number of nitrogens with zero attached hydrogens (tertiary/aromatic N) is 4. The minimum absolute atomic E-state index is 0.0329. The van der Waals surface area contributed by atoms with Crippen molar-refractivity contribution in [3.63, 3.8) is 0 Å². The summed E-state index contributed by atoms with van der Waals surface area (Å²) in [4.78, 5) is 22.1. The molecule has 0 spiro atoms. The number of aliphatic imine (C=N–C) groups is 1. The second-order valence-electron chi connectivity index (χ2n) is 8.28. The molecule has 3 heterocycles. The van der Waals surface area contributed by atoms with Gasteiger partial charge in [-0.25, -0.2) is 4.79 Å². The van der Waals surface area contributed by atoms with Crippen molar-refractivity contribution in [3.8, 4) is 0 Å². The number of rotatable bonds is 8. The van der Waals surface area contributed by atoms with E-state index in [4.69, 9.17) is 4.99 Å². The third kappa shape index (κ3) is 4.59. The van der Waals surface area contributed by atoms with E-state index in [2.05, 4.69) is 49.2 Å². The van der Waals surface area contributed by atoms with Crippen LogP contribution in [0, 0.1) is 0 Å². The smallest absolute Gasteiger partial charge is 0.298 e. The molecule has 1 aliphatic heterocycles. The molecule has 0 saturated carbocycles. The van der Waals surface area contributed by atoms with Crippen molar-refractivity contribution >= 4 is 18.0 Å². The maximum Gasteiger partial charge on any atom is 0.329 e. The largest absolute Gasteiger partial charge is 0.329 e. The third-order valence-electron chi connectivity index (χ3n) is 5.66. The van der Waals surface area contributed by atoms with Crippen LogP contribution < -0.4 is 5.69 Å². The number of allylic oxidation sites excluding steroid dienone is 1. The molecule has 1 aromatic carbocycles. The number of hydrogen-bond donors (Lipinski definition) is 0. The van der Waals surface area contributed by atoms with Crippen molar-refractivity contribution in [3.05, 3.63) is 94.3 Å². The van der Waals surface area contributed by atoms with Gasteiger partial charge in [-0.05, 0) is 43.2 Å². The molecule has 1 atom stereocenters. The van der Waals surface area contributed by atoms with Gasteiger partial charge in [0.25, 0.3) is 0 Å². The first kappa shape index (κ1) is 21.4. The summed E-state index contributed by atoms with van der Waals surface area (Å²) in [5.41, 5.74) is 3.11. The summed E-state index contributed by atoms with van der Waals surface area (Å²) in [6.07, 6.45) is 11.1. The van der Waals surface area contributed by atoms with Crippen molar-refractivity contribution < 1.29 is 0 Å². The topological polar surface area (TPSA) is 52.2 Å². The molecule has 160 valence electrons. The predicted molar refractivity (Wildman–Crippen MR) is 128 cm³/mol. The number of pyridine rings is 1. The Hall–Kier alpha value is -2.86. The Balaban J connectivity index is 1.71. The first-order valence-electron chi connectivity index (χ1n) is 10.6. The van der Waals surface area contributed by atoms with Crippen molar-refractivity contribution in [1.29, 1.82) is 0 Å². The van der Waals surface area contributed by atoms with Gasteiger partial charge in [-0.2, -0.15) is 0 Å². The van der Waals surface area contributed by atoms with Gasteiger partial charge in [0.05, 0.1) is 16.3 Å². The van der Waals surface area contributed by atoms with Crippen LogP contribution in [-0.4, -0.2) is 25.9 Å². The van der Waals surface area contributed by atoms with Gasteiger partial charge in [0.1, 0.15) is 0 Å². The Morgan fingerprint density at radius 1 is 1.03 bits per heavy atom. The number of imidazole rings is 1. The van der Waals surface area contributed by atoms with E-state index in [1.165, 1.54) is 11.1 Å². The van der Waals surface area contributed by atoms with E-state index >= 15 is 0 Å². The molecule has 1 aliphatic rings. The maximum atomic E-state index is 13.1. The zero-order chi connectivity index (χ0) is 21.8. The van der Waals surface area contributed by atoms with Gasteiger partial charge in [0.2, 0.25) is 0 Å². The predicted octanol–water partition coefficient (Wildman–Crippen LogP) is 4.62. The lowest BCUT2D eigenvalue weighted by Crippen LogP contribution is -2.30. The highest BCUT2D eigenvalue weighted by atomic mass is 32.2. The summed E-state index contributed by atoms with van der Waals surface area (Å²) < 4.78 is 3.73. The van der Waals surface area contributed by atoms with Crippen LogP contribution in [0.5, 0.6) is 0 Å². The molecule has 0 aliphatic carbocycles. The number of thioether (sulfide) groups is 1. The summed E-state index contributed by atoms with van der Waals surface area (Å²) >= 11 is 1.73. The summed E-state index contributed by atoms with van der Waals surface area (Å²) in [7, 11) is 1.88. The van der Waals surface area contributed by atoms with Gasteiger partial charge in [-0.3, -0.25) is 19.1 Å². The second-order valence-corrected chi connectivity index (χ2v) is 9.25. The van der Waals surface area contributed by atoms with Gasteiger partial charge < -0.3 is 0 Å². The molecule has 31 heavy (non-hydrogen) atoms. The molecule has 6 heteroatoms. The Bertz CT molecular complexity index is 1130. The van der Waals surface area contributed by atoms with Gasteiger partial charge in [-0.15, -0.1) is 11.8 Å². The summed E-state index contributed by atoms with van der Waals surface area (Å²) in [6, 6.07) is 14.5. The average molecular weight is 433 g/mol. The Kier molecular flexibility index (Phi) is 6.28. The van der Waals surface area contributed by atoms with Gasteiger partial charge in [0, 0.05) is 50.3 Å². The first-order valence-corrected chi connectivity index (χ1v) is 11.6. The molecular weight excluding hydrogens is 404 g/mol. The minimum Gasteiger partial charge on any atom is -0.298 e. The molecule has 0 N–H and O–H groups in total. The van der Waals surface area contributed by atoms with Crippen molar-refractivity contribution in [2.24, 2.45) is 12.0 Å². The fraction of sp³-hybridized carbons (Fsp3) is 0.320. The molecule has 0 fully saturated rings. The zero-order valence-electron chi connectivity index (χ0n) is 18.2. The molecule has 0 radical (unpaired) electrons. The molecular formula is C25H28N4OS. The molecule has 0 amide bonds. The van der Waals surface area contributed by atoms with Crippen LogP contribution in [0.4, 0.5) is 0 Å². The highest BCUT2D eigenvalue weighted by Crippen LogP contribution is 2.34. The molecule has 1 unspecified atom stereocenters. The minimum atomic E-state index is -0.392. The standard InChI is InChI=1S/C25H28N4OS/c1-19(2)29-23(31-18-21-8-5-4-6-9-21)22(28(3)24(29)30)17-25(12-7-13-27-25)16-20-10-14-26-15-11-20/h4-15,19H,16-18H2,1-3H3. The van der Waals surface area contributed by atoms with E-state index in [0.29, 0.717) is 6.42 Å². The van der Waals surface area contributed by atoms with E-state index in [-0.39, 0.29) is 11.7 Å². The molecule has 4 rings (SSSR count). The van der Waals surface area contributed by atoms with Crippen LogP contribution >= 0.6 is 11.8 Å². The van der Waals surface area contributed by atoms with Crippen LogP contribution in [0.25, 0.3) is 0 Å². The monoisotopic (exact) mass is 432 g/mol. The first-order chi connectivity index (χ1) is 15.0. The maximum absolute atomic E-state index is 13.1. The normalized spacial score (nSPS) is 17.7. The zero-order valence-corrected chi connectivity index (χ0v) is 19.0. The van der Waals surface area contributed by atoms with E-state index in [1.807, 2.05) is 59.1 Å². The van der Waals surface area contributed by atoms with E-state index in [0.717, 1.165) is 22.9 Å². The summed E-state index contributed by atoms with van der Waals surface area (Å²) in [5.74, 6) is 0.820. The third-order valence-corrected chi connectivity index (χ3v) is 6.84. The number of hydrogen-bond acceptors (Lipinski definition) is 4. The number of aromatic nitrogens is 3. The molecule has 5 nitrogen and oxygen atoms in total. The van der Waals surface area contributed by atoms with Crippen molar-refractivity contribution in [1.82, 2.24) is 14.1 Å². The summed E-state index contributed by atoms with van der Waals surface area (Å²) in [6.45, 7) is 4.14. The van der Waals surface area contributed by atoms with Crippen LogP contribution in [0.1, 0.15) is 36.7 Å². The molecule has 3 aromatic rings. The molecule has 0 bridgehead atoms. The van der Waals surface area contributed by atoms with Crippen LogP contribution in [0.2, 0.25) is 0 Å². The Labute approximate surface area is 187 Å². The fourth-order valence-electron chi connectivity index (χ4n) is 4.05. The van der Waals surface area contributed by atoms with Crippen molar-refractivity contribution in [2.75, 3.05) is 0 Å². The van der Waals surface area contributed by atoms with Crippen LogP contribution in [0.3, 0.4) is 0 Å². The Morgan fingerprint density at radius 3 is 2.42 bits per heavy atom. The highest BCUT2D eigenvalue weighted by Gasteiger charge is 2.33. The van der Waals surface area contributed by atoms with Crippen LogP contribution in [-0.2, 0) is 25.6 Å². The lowest BCUT2D eigenvalue weighted by Gasteiger charge is -2.25. The lowest BCUT2D eigenvalue weighted by atomic mass is 9.88. The van der Waals surface area contributed by atoms with Gasteiger partial charge in [0.15, 0.2) is 0 Å². The Morgan fingerprint density at radius 2 is 1.77 bits per heavy atom. The van der Waals surface area contributed by atoms with Gasteiger partial charge >= 0.3 is 5.69 Å². The van der Waals surface area contributed by atoms with E-state index in [1.54, 1.807) is 11.8 Å². The number of benzene rings is 1. The van der Waals surface area contributed by atoms with Crippen molar-refractivity contribution in [2.45, 2.75) is 49.0 Å². The molecule has 0 saturated heterocycles. The highest BCUT2D eigenvalue weighted by molar-refractivity contribution is 7.98. The van der Waals surface area contributed by atoms with Gasteiger partial charge in [-0.1, -0.05) is 36.4 Å². The van der Waals surface area contributed by atoms with Crippen LogP contribution in [0.15, 0.2) is 81.8 Å². The summed E-state index contributed by atoms with van der Waals surface area (Å²) in [5, 5.41) is 1.04. The lowest BCUT2D eigenvalue weighted by molar-refractivity contribution is 0.508. The second kappa shape index (κ2) is 9.10. The van der Waals surface area contributed by atoms with E-state index in [9.17, 15) is 4.79 Å². The fourth-order valence-corrected chi connectivity index (χ4v) is 5.35. The quantitative estimate of drug-likeness (QED) is 0.488. The van der Waals surface area contributed by atoms with E-state index < -0.39 is 5.54 Å².